The summed E-state index contributed by atoms with van der Waals surface area (Å²) in [6, 6.07) is 0.324. The van der Waals surface area contributed by atoms with Crippen LogP contribution >= 0.6 is 12.4 Å². The fourth-order valence-electron chi connectivity index (χ4n) is 1.68. The summed E-state index contributed by atoms with van der Waals surface area (Å²) in [6.45, 7) is 3.18. The molecule has 0 radical (unpaired) electrons. The fraction of sp³-hybridized carbons (Fsp3) is 0.667. The number of nitrogens with two attached hydrogens (primary N) is 1. The van der Waals surface area contributed by atoms with Crippen molar-refractivity contribution in [1.29, 1.82) is 0 Å². The standard InChI is InChI=1S/C9H15N3.ClH/c1-2-8-6-12-4-3-7(10)5-9(12)11-8;/h6-7H,2-5,10H2,1H3;1H. The number of halogens is 1. The molecule has 0 aromatic carbocycles. The summed E-state index contributed by atoms with van der Waals surface area (Å²) in [5.74, 6) is 1.17. The lowest BCUT2D eigenvalue weighted by molar-refractivity contribution is 0.463. The predicted octanol–water partition coefficient (Wildman–Crippen LogP) is 1.14. The highest BCUT2D eigenvalue weighted by Crippen LogP contribution is 2.13. The van der Waals surface area contributed by atoms with Crippen molar-refractivity contribution >= 4 is 12.4 Å². The van der Waals surface area contributed by atoms with Gasteiger partial charge in [-0.05, 0) is 12.8 Å². The Morgan fingerprint density at radius 2 is 2.46 bits per heavy atom. The molecule has 2 N–H and O–H groups in total. The molecule has 0 fully saturated rings. The van der Waals surface area contributed by atoms with E-state index in [1.54, 1.807) is 0 Å². The fourth-order valence-corrected chi connectivity index (χ4v) is 1.68. The van der Waals surface area contributed by atoms with Gasteiger partial charge in [0, 0.05) is 25.2 Å². The van der Waals surface area contributed by atoms with Gasteiger partial charge in [0.2, 0.25) is 0 Å². The normalized spacial score (nSPS) is 20.6. The number of imidazole rings is 1. The zero-order valence-electron chi connectivity index (χ0n) is 7.86. The van der Waals surface area contributed by atoms with Gasteiger partial charge in [0.05, 0.1) is 5.69 Å². The Hall–Kier alpha value is -0.540. The first-order chi connectivity index (χ1) is 5.79. The summed E-state index contributed by atoms with van der Waals surface area (Å²) in [6.07, 6.45) is 5.21. The molecule has 3 nitrogen and oxygen atoms in total. The molecule has 2 rings (SSSR count). The van der Waals surface area contributed by atoms with E-state index in [1.807, 2.05) is 0 Å². The van der Waals surface area contributed by atoms with Crippen LogP contribution in [0.25, 0.3) is 0 Å². The molecule has 0 bridgehead atoms. The second-order valence-electron chi connectivity index (χ2n) is 3.45. The summed E-state index contributed by atoms with van der Waals surface area (Å²) < 4.78 is 2.24. The van der Waals surface area contributed by atoms with Crippen molar-refractivity contribution in [3.63, 3.8) is 0 Å². The second-order valence-corrected chi connectivity index (χ2v) is 3.45. The number of aryl methyl sites for hydroxylation is 2. The van der Waals surface area contributed by atoms with E-state index in [0.717, 1.165) is 25.8 Å². The Bertz CT molecular complexity index is 282. The van der Waals surface area contributed by atoms with Gasteiger partial charge in [-0.15, -0.1) is 12.4 Å². The van der Waals surface area contributed by atoms with Crippen LogP contribution in [0.15, 0.2) is 6.20 Å². The molecule has 1 unspecified atom stereocenters. The van der Waals surface area contributed by atoms with Crippen LogP contribution in [0.3, 0.4) is 0 Å². The van der Waals surface area contributed by atoms with Crippen molar-refractivity contribution in [3.05, 3.63) is 17.7 Å². The second kappa shape index (κ2) is 4.11. The van der Waals surface area contributed by atoms with Gasteiger partial charge in [-0.25, -0.2) is 4.98 Å². The quantitative estimate of drug-likeness (QED) is 0.741. The molecule has 0 saturated heterocycles. The average molecular weight is 202 g/mol. The minimum atomic E-state index is 0. The van der Waals surface area contributed by atoms with Gasteiger partial charge in [-0.3, -0.25) is 0 Å². The molecular formula is C9H16ClN3. The zero-order valence-corrected chi connectivity index (χ0v) is 8.68. The van der Waals surface area contributed by atoms with Gasteiger partial charge in [0.1, 0.15) is 5.82 Å². The highest BCUT2D eigenvalue weighted by atomic mass is 35.5. The van der Waals surface area contributed by atoms with Crippen molar-refractivity contribution in [2.24, 2.45) is 5.73 Å². The molecule has 0 aliphatic carbocycles. The molecule has 1 aliphatic rings. The van der Waals surface area contributed by atoms with Gasteiger partial charge in [0.25, 0.3) is 0 Å². The number of hydrogen-bond donors (Lipinski definition) is 1. The maximum absolute atomic E-state index is 5.85. The summed E-state index contributed by atoms with van der Waals surface area (Å²) in [5, 5.41) is 0. The minimum absolute atomic E-state index is 0. The number of aromatic nitrogens is 2. The van der Waals surface area contributed by atoms with Crippen LogP contribution < -0.4 is 5.73 Å². The molecule has 1 aromatic rings. The smallest absolute Gasteiger partial charge is 0.110 e. The van der Waals surface area contributed by atoms with Crippen LogP contribution in [0.2, 0.25) is 0 Å². The SMILES string of the molecule is CCc1cn2c(n1)CC(N)CC2.Cl. The van der Waals surface area contributed by atoms with Gasteiger partial charge in [-0.1, -0.05) is 6.92 Å². The summed E-state index contributed by atoms with van der Waals surface area (Å²) >= 11 is 0. The number of rotatable bonds is 1. The predicted molar refractivity (Wildman–Crippen MR) is 55.1 cm³/mol. The van der Waals surface area contributed by atoms with E-state index in [-0.39, 0.29) is 12.4 Å². The van der Waals surface area contributed by atoms with Crippen LogP contribution in [0.4, 0.5) is 0 Å². The molecule has 0 saturated carbocycles. The highest BCUT2D eigenvalue weighted by Gasteiger charge is 2.16. The van der Waals surface area contributed by atoms with Crippen LogP contribution in [0, 0.1) is 0 Å². The lowest BCUT2D eigenvalue weighted by atomic mass is 10.1. The number of nitrogens with zero attached hydrogens (tertiary/aromatic N) is 2. The first-order valence-corrected chi connectivity index (χ1v) is 4.60. The molecular weight excluding hydrogens is 186 g/mol. The molecule has 74 valence electrons. The third-order valence-electron chi connectivity index (χ3n) is 2.46. The van der Waals surface area contributed by atoms with Crippen LogP contribution in [0.1, 0.15) is 24.9 Å². The first-order valence-electron chi connectivity index (χ1n) is 4.60. The van der Waals surface area contributed by atoms with Crippen LogP contribution in [0.5, 0.6) is 0 Å². The van der Waals surface area contributed by atoms with Crippen molar-refractivity contribution < 1.29 is 0 Å². The summed E-state index contributed by atoms with van der Waals surface area (Å²) in [7, 11) is 0. The Labute approximate surface area is 84.7 Å². The monoisotopic (exact) mass is 201 g/mol. The third kappa shape index (κ3) is 2.03. The number of hydrogen-bond acceptors (Lipinski definition) is 2. The van der Waals surface area contributed by atoms with Gasteiger partial charge < -0.3 is 10.3 Å². The third-order valence-corrected chi connectivity index (χ3v) is 2.46. The largest absolute Gasteiger partial charge is 0.335 e. The summed E-state index contributed by atoms with van der Waals surface area (Å²) in [4.78, 5) is 4.50. The Morgan fingerprint density at radius 1 is 1.69 bits per heavy atom. The van der Waals surface area contributed by atoms with E-state index < -0.39 is 0 Å². The van der Waals surface area contributed by atoms with E-state index in [9.17, 15) is 0 Å². The van der Waals surface area contributed by atoms with E-state index in [4.69, 9.17) is 5.73 Å². The highest BCUT2D eigenvalue weighted by molar-refractivity contribution is 5.85. The van der Waals surface area contributed by atoms with E-state index in [0.29, 0.717) is 6.04 Å². The average Bonchev–Trinajstić information content (AvgIpc) is 2.46. The zero-order chi connectivity index (χ0) is 8.55. The Kier molecular flexibility index (Phi) is 3.33. The maximum atomic E-state index is 5.85. The first kappa shape index (κ1) is 10.5. The van der Waals surface area contributed by atoms with E-state index in [1.165, 1.54) is 11.5 Å². The molecule has 13 heavy (non-hydrogen) atoms. The van der Waals surface area contributed by atoms with E-state index >= 15 is 0 Å². The molecule has 1 aliphatic heterocycles. The lowest BCUT2D eigenvalue weighted by Gasteiger charge is -2.18. The topological polar surface area (TPSA) is 43.8 Å². The molecule has 0 amide bonds. The molecule has 0 spiro atoms. The lowest BCUT2D eigenvalue weighted by Crippen LogP contribution is -2.30. The molecule has 4 heteroatoms. The minimum Gasteiger partial charge on any atom is -0.335 e. The summed E-state index contributed by atoms with van der Waals surface area (Å²) in [5.41, 5.74) is 7.04. The van der Waals surface area contributed by atoms with E-state index in [2.05, 4.69) is 22.7 Å². The van der Waals surface area contributed by atoms with Crippen LogP contribution in [-0.4, -0.2) is 15.6 Å². The van der Waals surface area contributed by atoms with Crippen molar-refractivity contribution in [3.8, 4) is 0 Å². The van der Waals surface area contributed by atoms with Crippen LogP contribution in [-0.2, 0) is 19.4 Å². The molecule has 1 atom stereocenters. The maximum Gasteiger partial charge on any atom is 0.110 e. The van der Waals surface area contributed by atoms with Gasteiger partial charge in [-0.2, -0.15) is 0 Å². The van der Waals surface area contributed by atoms with Gasteiger partial charge in [0.15, 0.2) is 0 Å². The Morgan fingerprint density at radius 3 is 3.15 bits per heavy atom. The number of fused-ring (bicyclic) bond motifs is 1. The van der Waals surface area contributed by atoms with Crippen molar-refractivity contribution in [2.75, 3.05) is 0 Å². The van der Waals surface area contributed by atoms with Crippen molar-refractivity contribution in [1.82, 2.24) is 9.55 Å². The molecule has 1 aromatic heterocycles. The Balaban J connectivity index is 0.000000845. The van der Waals surface area contributed by atoms with Crippen molar-refractivity contribution in [2.45, 2.75) is 38.8 Å². The van der Waals surface area contributed by atoms with Gasteiger partial charge >= 0.3 is 0 Å². The molecule has 2 heterocycles.